The number of rotatable bonds is 2. The molecule has 0 amide bonds. The van der Waals surface area contributed by atoms with Crippen molar-refractivity contribution in [2.75, 3.05) is 0 Å². The van der Waals surface area contributed by atoms with E-state index in [2.05, 4.69) is 9.97 Å². The van der Waals surface area contributed by atoms with Crippen LogP contribution in [0.1, 0.15) is 16.1 Å². The predicted octanol–water partition coefficient (Wildman–Crippen LogP) is 1.27. The molecule has 0 radical (unpaired) electrons. The van der Waals surface area contributed by atoms with E-state index in [4.69, 9.17) is 5.11 Å². The fraction of sp³-hybridized carbons (Fsp3) is 0.100. The SMILES string of the molecule is Cc1nc(-n2ccnc2)ccc1C(=O)O. The third kappa shape index (κ3) is 1.71. The minimum absolute atomic E-state index is 0.221. The molecule has 0 unspecified atom stereocenters. The second kappa shape index (κ2) is 3.53. The molecule has 0 aliphatic heterocycles. The minimum atomic E-state index is -0.961. The summed E-state index contributed by atoms with van der Waals surface area (Å²) in [4.78, 5) is 18.8. The lowest BCUT2D eigenvalue weighted by atomic mass is 10.2. The summed E-state index contributed by atoms with van der Waals surface area (Å²) in [5.41, 5.74) is 0.715. The van der Waals surface area contributed by atoms with E-state index in [9.17, 15) is 4.79 Å². The molecule has 0 fully saturated rings. The van der Waals surface area contributed by atoms with Gasteiger partial charge >= 0.3 is 5.97 Å². The second-order valence-corrected chi connectivity index (χ2v) is 3.08. The summed E-state index contributed by atoms with van der Waals surface area (Å²) in [7, 11) is 0. The van der Waals surface area contributed by atoms with Crippen molar-refractivity contribution in [1.29, 1.82) is 0 Å². The zero-order valence-corrected chi connectivity index (χ0v) is 8.08. The molecular weight excluding hydrogens is 194 g/mol. The van der Waals surface area contributed by atoms with E-state index in [-0.39, 0.29) is 5.56 Å². The molecule has 5 nitrogen and oxygen atoms in total. The Morgan fingerprint density at radius 2 is 2.27 bits per heavy atom. The van der Waals surface area contributed by atoms with Crippen LogP contribution in [-0.2, 0) is 0 Å². The average molecular weight is 203 g/mol. The van der Waals surface area contributed by atoms with E-state index in [1.807, 2.05) is 0 Å². The van der Waals surface area contributed by atoms with Gasteiger partial charge in [-0.2, -0.15) is 0 Å². The van der Waals surface area contributed by atoms with E-state index < -0.39 is 5.97 Å². The number of aromatic nitrogens is 3. The number of carboxylic acids is 1. The number of carboxylic acid groups (broad SMARTS) is 1. The molecule has 2 heterocycles. The van der Waals surface area contributed by atoms with Crippen LogP contribution in [0.15, 0.2) is 30.9 Å². The summed E-state index contributed by atoms with van der Waals surface area (Å²) >= 11 is 0. The maximum absolute atomic E-state index is 10.8. The number of pyridine rings is 1. The molecule has 2 rings (SSSR count). The fourth-order valence-electron chi connectivity index (χ4n) is 1.31. The molecule has 2 aromatic rings. The first-order valence-corrected chi connectivity index (χ1v) is 4.38. The number of aryl methyl sites for hydroxylation is 1. The van der Waals surface area contributed by atoms with Crippen LogP contribution in [-0.4, -0.2) is 25.6 Å². The Morgan fingerprint density at radius 1 is 1.47 bits per heavy atom. The maximum atomic E-state index is 10.8. The summed E-state index contributed by atoms with van der Waals surface area (Å²) in [6.07, 6.45) is 5.01. The Kier molecular flexibility index (Phi) is 2.21. The molecule has 0 atom stereocenters. The van der Waals surface area contributed by atoms with Crippen molar-refractivity contribution in [1.82, 2.24) is 14.5 Å². The van der Waals surface area contributed by atoms with Crippen LogP contribution in [0.3, 0.4) is 0 Å². The van der Waals surface area contributed by atoms with E-state index in [0.717, 1.165) is 0 Å². The van der Waals surface area contributed by atoms with Gasteiger partial charge in [-0.1, -0.05) is 0 Å². The first-order chi connectivity index (χ1) is 7.18. The van der Waals surface area contributed by atoms with Gasteiger partial charge in [0.2, 0.25) is 0 Å². The van der Waals surface area contributed by atoms with Crippen molar-refractivity contribution in [3.8, 4) is 5.82 Å². The van der Waals surface area contributed by atoms with Gasteiger partial charge in [0.25, 0.3) is 0 Å². The molecule has 0 aliphatic rings. The predicted molar refractivity (Wildman–Crippen MR) is 53.1 cm³/mol. The molecule has 0 saturated heterocycles. The molecular formula is C10H9N3O2. The van der Waals surface area contributed by atoms with Crippen molar-refractivity contribution in [2.24, 2.45) is 0 Å². The van der Waals surface area contributed by atoms with E-state index in [1.165, 1.54) is 0 Å². The molecule has 0 aromatic carbocycles. The Bertz CT molecular complexity index is 491. The molecule has 5 heteroatoms. The van der Waals surface area contributed by atoms with E-state index in [1.54, 1.807) is 42.3 Å². The van der Waals surface area contributed by atoms with Crippen LogP contribution in [0.5, 0.6) is 0 Å². The first kappa shape index (κ1) is 9.39. The van der Waals surface area contributed by atoms with Crippen molar-refractivity contribution in [2.45, 2.75) is 6.92 Å². The van der Waals surface area contributed by atoms with Crippen molar-refractivity contribution in [3.63, 3.8) is 0 Å². The standard InChI is InChI=1S/C10H9N3O2/c1-7-8(10(14)15)2-3-9(12-7)13-5-4-11-6-13/h2-6H,1H3,(H,14,15). The molecule has 76 valence electrons. The summed E-state index contributed by atoms with van der Waals surface area (Å²) in [5.74, 6) is -0.299. The number of imidazole rings is 1. The van der Waals surface area contributed by atoms with Crippen LogP contribution >= 0.6 is 0 Å². The number of hydrogen-bond acceptors (Lipinski definition) is 3. The lowest BCUT2D eigenvalue weighted by molar-refractivity contribution is 0.0695. The summed E-state index contributed by atoms with van der Waals surface area (Å²) < 4.78 is 1.72. The van der Waals surface area contributed by atoms with Crippen LogP contribution in [0.2, 0.25) is 0 Å². The van der Waals surface area contributed by atoms with Crippen LogP contribution in [0, 0.1) is 6.92 Å². The van der Waals surface area contributed by atoms with Crippen molar-refractivity contribution < 1.29 is 9.90 Å². The molecule has 15 heavy (non-hydrogen) atoms. The van der Waals surface area contributed by atoms with Gasteiger partial charge < -0.3 is 5.11 Å². The molecule has 0 spiro atoms. The Labute approximate surface area is 86.0 Å². The van der Waals surface area contributed by atoms with Gasteiger partial charge in [0, 0.05) is 12.4 Å². The Hall–Kier alpha value is -2.17. The smallest absolute Gasteiger partial charge is 0.337 e. The highest BCUT2D eigenvalue weighted by Crippen LogP contribution is 2.09. The third-order valence-electron chi connectivity index (χ3n) is 2.07. The monoisotopic (exact) mass is 203 g/mol. The molecule has 0 bridgehead atoms. The maximum Gasteiger partial charge on any atom is 0.337 e. The topological polar surface area (TPSA) is 68.0 Å². The largest absolute Gasteiger partial charge is 0.478 e. The first-order valence-electron chi connectivity index (χ1n) is 4.38. The molecule has 0 aliphatic carbocycles. The minimum Gasteiger partial charge on any atom is -0.478 e. The average Bonchev–Trinajstić information content (AvgIpc) is 2.69. The summed E-state index contributed by atoms with van der Waals surface area (Å²) in [6.45, 7) is 1.67. The number of hydrogen-bond donors (Lipinski definition) is 1. The third-order valence-corrected chi connectivity index (χ3v) is 2.07. The zero-order valence-electron chi connectivity index (χ0n) is 8.08. The lowest BCUT2D eigenvalue weighted by Crippen LogP contribution is -2.04. The fourth-order valence-corrected chi connectivity index (χ4v) is 1.31. The summed E-state index contributed by atoms with van der Waals surface area (Å²) in [5, 5.41) is 8.83. The number of aromatic carboxylic acids is 1. The van der Waals surface area contributed by atoms with Gasteiger partial charge in [0.1, 0.15) is 12.1 Å². The van der Waals surface area contributed by atoms with E-state index >= 15 is 0 Å². The highest BCUT2D eigenvalue weighted by molar-refractivity contribution is 5.88. The highest BCUT2D eigenvalue weighted by atomic mass is 16.4. The normalized spacial score (nSPS) is 10.2. The summed E-state index contributed by atoms with van der Waals surface area (Å²) in [6, 6.07) is 3.19. The van der Waals surface area contributed by atoms with Crippen molar-refractivity contribution in [3.05, 3.63) is 42.1 Å². The van der Waals surface area contributed by atoms with Gasteiger partial charge in [-0.15, -0.1) is 0 Å². The van der Waals surface area contributed by atoms with Gasteiger partial charge in [-0.05, 0) is 19.1 Å². The van der Waals surface area contributed by atoms with Gasteiger partial charge in [-0.3, -0.25) is 4.57 Å². The molecule has 1 N–H and O–H groups in total. The van der Waals surface area contributed by atoms with Gasteiger partial charge in [0.15, 0.2) is 0 Å². The Balaban J connectivity index is 2.47. The second-order valence-electron chi connectivity index (χ2n) is 3.08. The van der Waals surface area contributed by atoms with Gasteiger partial charge in [-0.25, -0.2) is 14.8 Å². The van der Waals surface area contributed by atoms with Crippen LogP contribution < -0.4 is 0 Å². The number of carbonyl (C=O) groups is 1. The number of nitrogens with zero attached hydrogens (tertiary/aromatic N) is 3. The molecule has 0 saturated carbocycles. The van der Waals surface area contributed by atoms with Crippen molar-refractivity contribution >= 4 is 5.97 Å². The van der Waals surface area contributed by atoms with Crippen LogP contribution in [0.25, 0.3) is 5.82 Å². The lowest BCUT2D eigenvalue weighted by Gasteiger charge is -2.04. The Morgan fingerprint density at radius 3 is 2.80 bits per heavy atom. The van der Waals surface area contributed by atoms with E-state index in [0.29, 0.717) is 11.5 Å². The molecule has 2 aromatic heterocycles. The van der Waals surface area contributed by atoms with Gasteiger partial charge in [0.05, 0.1) is 11.3 Å². The zero-order chi connectivity index (χ0) is 10.8. The quantitative estimate of drug-likeness (QED) is 0.798. The highest BCUT2D eigenvalue weighted by Gasteiger charge is 2.08. The van der Waals surface area contributed by atoms with Crippen LogP contribution in [0.4, 0.5) is 0 Å².